The molecule has 10 rings (SSSR count). The molecule has 1 atom stereocenters. The van der Waals surface area contributed by atoms with E-state index in [1.54, 1.807) is 0 Å². The molecule has 3 nitrogen and oxygen atoms in total. The van der Waals surface area contributed by atoms with Gasteiger partial charge in [-0.15, -0.1) is 0 Å². The Morgan fingerprint density at radius 2 is 0.941 bits per heavy atom. The average molecular weight is 652 g/mol. The molecule has 1 N–H and O–H groups in total. The Balaban J connectivity index is 1.09. The van der Waals surface area contributed by atoms with Gasteiger partial charge >= 0.3 is 0 Å². The van der Waals surface area contributed by atoms with Gasteiger partial charge in [-0.2, -0.15) is 0 Å². The van der Waals surface area contributed by atoms with E-state index in [2.05, 4.69) is 198 Å². The zero-order valence-corrected chi connectivity index (χ0v) is 27.9. The first-order valence-electron chi connectivity index (χ1n) is 17.5. The lowest BCUT2D eigenvalue weighted by Crippen LogP contribution is -2.31. The molecule has 0 bridgehead atoms. The van der Waals surface area contributed by atoms with Gasteiger partial charge < -0.3 is 9.88 Å². The van der Waals surface area contributed by atoms with Gasteiger partial charge in [0.2, 0.25) is 0 Å². The van der Waals surface area contributed by atoms with E-state index in [0.717, 1.165) is 28.3 Å². The molecule has 1 aliphatic rings. The molecule has 51 heavy (non-hydrogen) atoms. The van der Waals surface area contributed by atoms with Crippen molar-refractivity contribution in [2.75, 3.05) is 0 Å². The van der Waals surface area contributed by atoms with Crippen molar-refractivity contribution in [3.63, 3.8) is 0 Å². The van der Waals surface area contributed by atoms with Crippen LogP contribution in [0.15, 0.2) is 193 Å². The third-order valence-electron chi connectivity index (χ3n) is 10.2. The van der Waals surface area contributed by atoms with Crippen LogP contribution >= 0.6 is 0 Å². The fraction of sp³-hybridized carbons (Fsp3) is 0.0208. The maximum Gasteiger partial charge on any atom is 0.134 e. The van der Waals surface area contributed by atoms with Gasteiger partial charge in [-0.3, -0.25) is 0 Å². The number of hydrogen-bond acceptors (Lipinski definition) is 2. The van der Waals surface area contributed by atoms with E-state index in [4.69, 9.17) is 4.99 Å². The fourth-order valence-corrected chi connectivity index (χ4v) is 7.74. The molecule has 1 aliphatic heterocycles. The first kappa shape index (κ1) is 29.2. The van der Waals surface area contributed by atoms with Gasteiger partial charge in [0.1, 0.15) is 5.84 Å². The average Bonchev–Trinajstić information content (AvgIpc) is 3.57. The maximum atomic E-state index is 5.22. The zero-order valence-electron chi connectivity index (χ0n) is 27.9. The van der Waals surface area contributed by atoms with Gasteiger partial charge in [0.05, 0.1) is 22.8 Å². The Morgan fingerprint density at radius 1 is 0.431 bits per heavy atom. The van der Waals surface area contributed by atoms with Gasteiger partial charge in [0.15, 0.2) is 0 Å². The Hall–Kier alpha value is -6.71. The summed E-state index contributed by atoms with van der Waals surface area (Å²) in [7, 11) is 0. The van der Waals surface area contributed by atoms with E-state index in [-0.39, 0.29) is 6.04 Å². The lowest BCUT2D eigenvalue weighted by molar-refractivity contribution is 0.781. The Morgan fingerprint density at radius 3 is 1.57 bits per heavy atom. The SMILES string of the molecule is C1=C(c2ccc(-n3c4ccc5ccccc5c4c4c5ccccc5ccc43)cc2)N=C(c2ccc(-c3ccccc3)cc2)NC1c1ccccc1. The minimum atomic E-state index is -0.0129. The summed E-state index contributed by atoms with van der Waals surface area (Å²) in [6, 6.07) is 65.2. The van der Waals surface area contributed by atoms with E-state index >= 15 is 0 Å². The minimum absolute atomic E-state index is 0.0129. The number of rotatable bonds is 5. The zero-order chi connectivity index (χ0) is 33.7. The second-order valence-corrected chi connectivity index (χ2v) is 13.2. The Bertz CT molecular complexity index is 2700. The monoisotopic (exact) mass is 651 g/mol. The molecule has 0 aliphatic carbocycles. The topological polar surface area (TPSA) is 29.3 Å². The molecule has 0 saturated carbocycles. The molecule has 2 heterocycles. The highest BCUT2D eigenvalue weighted by Crippen LogP contribution is 2.40. The molecule has 9 aromatic rings. The summed E-state index contributed by atoms with van der Waals surface area (Å²) >= 11 is 0. The van der Waals surface area contributed by atoms with Gasteiger partial charge in [-0.05, 0) is 68.6 Å². The van der Waals surface area contributed by atoms with Gasteiger partial charge in [0, 0.05) is 27.6 Å². The van der Waals surface area contributed by atoms with Crippen LogP contribution in [0.3, 0.4) is 0 Å². The molecule has 8 aromatic carbocycles. The summed E-state index contributed by atoms with van der Waals surface area (Å²) in [5, 5.41) is 11.4. The summed E-state index contributed by atoms with van der Waals surface area (Å²) in [6.45, 7) is 0. The molecule has 0 spiro atoms. The molecule has 0 fully saturated rings. The molecule has 3 heteroatoms. The Kier molecular flexibility index (Phi) is 6.88. The van der Waals surface area contributed by atoms with E-state index in [9.17, 15) is 0 Å². The van der Waals surface area contributed by atoms with E-state index in [0.29, 0.717) is 0 Å². The van der Waals surface area contributed by atoms with Crippen molar-refractivity contribution in [1.82, 2.24) is 9.88 Å². The number of nitrogens with one attached hydrogen (secondary N) is 1. The van der Waals surface area contributed by atoms with Crippen molar-refractivity contribution in [2.24, 2.45) is 4.99 Å². The van der Waals surface area contributed by atoms with Crippen LogP contribution in [0, 0.1) is 0 Å². The normalized spacial score (nSPS) is 14.5. The van der Waals surface area contributed by atoms with Crippen molar-refractivity contribution in [2.45, 2.75) is 6.04 Å². The molecular formula is C48H33N3. The van der Waals surface area contributed by atoms with Crippen LogP contribution in [0.2, 0.25) is 0 Å². The lowest BCUT2D eigenvalue weighted by Gasteiger charge is -2.24. The molecular weight excluding hydrogens is 619 g/mol. The quantitative estimate of drug-likeness (QED) is 0.197. The number of hydrogen-bond donors (Lipinski definition) is 1. The molecule has 1 aromatic heterocycles. The Labute approximate surface area is 296 Å². The summed E-state index contributed by atoms with van der Waals surface area (Å²) in [5.74, 6) is 0.867. The fourth-order valence-electron chi connectivity index (χ4n) is 7.74. The molecule has 1 unspecified atom stereocenters. The standard InChI is InChI=1S/C48H33N3/c1-3-11-32(12-4-1)33-19-21-38(22-20-33)48-49-42(36-15-5-2-6-16-36)31-43(50-48)37-23-27-39(28-24-37)51-44-29-25-34-13-7-9-17-40(34)46(44)47-41-18-10-8-14-35(41)26-30-45(47)51/h1-31,42H,(H,49,50). The molecule has 0 amide bonds. The largest absolute Gasteiger partial charge is 0.359 e. The first-order valence-corrected chi connectivity index (χ1v) is 17.5. The van der Waals surface area contributed by atoms with E-state index in [1.165, 1.54) is 60.0 Å². The summed E-state index contributed by atoms with van der Waals surface area (Å²) in [6.07, 6.45) is 2.24. The highest BCUT2D eigenvalue weighted by molar-refractivity contribution is 6.28. The second kappa shape index (κ2) is 12.0. The third kappa shape index (κ3) is 5.02. The lowest BCUT2D eigenvalue weighted by atomic mass is 9.99. The highest BCUT2D eigenvalue weighted by Gasteiger charge is 2.21. The predicted molar refractivity (Wildman–Crippen MR) is 215 cm³/mol. The first-order chi connectivity index (χ1) is 25.3. The number of aliphatic imine (C=N–C) groups is 1. The molecule has 0 radical (unpaired) electrons. The van der Waals surface area contributed by atoms with Crippen molar-refractivity contribution in [3.8, 4) is 16.8 Å². The van der Waals surface area contributed by atoms with Crippen molar-refractivity contribution < 1.29 is 0 Å². The van der Waals surface area contributed by atoms with Gasteiger partial charge in [0.25, 0.3) is 0 Å². The van der Waals surface area contributed by atoms with E-state index in [1.807, 2.05) is 0 Å². The predicted octanol–water partition coefficient (Wildman–Crippen LogP) is 11.9. The number of aromatic nitrogens is 1. The highest BCUT2D eigenvalue weighted by atomic mass is 15.0. The van der Waals surface area contributed by atoms with Crippen molar-refractivity contribution in [3.05, 3.63) is 205 Å². The third-order valence-corrected chi connectivity index (χ3v) is 10.2. The second-order valence-electron chi connectivity index (χ2n) is 13.2. The van der Waals surface area contributed by atoms with Crippen LogP contribution in [0.5, 0.6) is 0 Å². The van der Waals surface area contributed by atoms with Crippen LogP contribution in [0.4, 0.5) is 0 Å². The van der Waals surface area contributed by atoms with Crippen molar-refractivity contribution in [1.29, 1.82) is 0 Å². The summed E-state index contributed by atoms with van der Waals surface area (Å²) in [4.78, 5) is 5.22. The number of nitrogens with zero attached hydrogens (tertiary/aromatic N) is 2. The van der Waals surface area contributed by atoms with Crippen LogP contribution in [0.1, 0.15) is 22.7 Å². The van der Waals surface area contributed by atoms with Gasteiger partial charge in [-0.25, -0.2) is 4.99 Å². The van der Waals surface area contributed by atoms with Crippen molar-refractivity contribution >= 4 is 54.9 Å². The van der Waals surface area contributed by atoms with Crippen LogP contribution < -0.4 is 5.32 Å². The van der Waals surface area contributed by atoms with Crippen LogP contribution in [0.25, 0.3) is 65.9 Å². The minimum Gasteiger partial charge on any atom is -0.359 e. The summed E-state index contributed by atoms with van der Waals surface area (Å²) < 4.78 is 2.42. The van der Waals surface area contributed by atoms with Gasteiger partial charge in [-0.1, -0.05) is 158 Å². The number of fused-ring (bicyclic) bond motifs is 7. The van der Waals surface area contributed by atoms with Crippen LogP contribution in [-0.4, -0.2) is 10.4 Å². The number of amidine groups is 1. The number of benzene rings is 8. The molecule has 240 valence electrons. The maximum absolute atomic E-state index is 5.22. The van der Waals surface area contributed by atoms with E-state index < -0.39 is 0 Å². The summed E-state index contributed by atoms with van der Waals surface area (Å²) in [5.41, 5.74) is 10.2. The smallest absolute Gasteiger partial charge is 0.134 e. The molecule has 0 saturated heterocycles. The van der Waals surface area contributed by atoms with Crippen LogP contribution in [-0.2, 0) is 0 Å².